The summed E-state index contributed by atoms with van der Waals surface area (Å²) < 4.78 is 6.46. The van der Waals surface area contributed by atoms with Crippen molar-refractivity contribution in [2.24, 2.45) is 0 Å². The van der Waals surface area contributed by atoms with Crippen molar-refractivity contribution in [1.29, 1.82) is 0 Å². The predicted octanol–water partition coefficient (Wildman–Crippen LogP) is 2.39. The fraction of sp³-hybridized carbons (Fsp3) is 0.667. The van der Waals surface area contributed by atoms with E-state index in [0.29, 0.717) is 18.4 Å². The molecule has 0 aliphatic rings. The van der Waals surface area contributed by atoms with Crippen molar-refractivity contribution in [1.82, 2.24) is 14.9 Å². The largest absolute Gasteiger partial charge is 0.475 e. The molecule has 0 bridgehead atoms. The van der Waals surface area contributed by atoms with Gasteiger partial charge in [-0.25, -0.2) is 4.98 Å². The summed E-state index contributed by atoms with van der Waals surface area (Å²) in [7, 11) is 0. The molecular formula is C12H21BrN4O. The number of nitrogens with one attached hydrogen (secondary N) is 1. The van der Waals surface area contributed by atoms with Crippen LogP contribution in [0.4, 0.5) is 5.95 Å². The molecule has 0 radical (unpaired) electrons. The van der Waals surface area contributed by atoms with Crippen molar-refractivity contribution in [3.05, 3.63) is 10.7 Å². The van der Waals surface area contributed by atoms with Gasteiger partial charge in [0.05, 0.1) is 10.7 Å². The summed E-state index contributed by atoms with van der Waals surface area (Å²) in [6.45, 7) is 10.7. The zero-order valence-corrected chi connectivity index (χ0v) is 12.8. The Bertz CT molecular complexity index is 358. The van der Waals surface area contributed by atoms with Crippen LogP contribution in [0.1, 0.15) is 20.8 Å². The Kier molecular flexibility index (Phi) is 6.97. The summed E-state index contributed by atoms with van der Waals surface area (Å²) in [6.07, 6.45) is 1.71. The molecule has 1 aromatic heterocycles. The molecule has 6 heteroatoms. The minimum absolute atomic E-state index is 0.591. The van der Waals surface area contributed by atoms with Crippen LogP contribution in [-0.4, -0.2) is 47.7 Å². The van der Waals surface area contributed by atoms with E-state index in [2.05, 4.69) is 50.0 Å². The molecule has 102 valence electrons. The highest BCUT2D eigenvalue weighted by Crippen LogP contribution is 2.22. The normalized spacial score (nSPS) is 10.7. The molecule has 0 amide bonds. The molecule has 0 saturated heterocycles. The standard InChI is InChI=1S/C12H21BrN4O/c1-4-14-12-15-9-10(13)11(16-12)18-8-7-17(5-2)6-3/h9H,4-8H2,1-3H3,(H,14,15,16). The van der Waals surface area contributed by atoms with E-state index in [9.17, 15) is 0 Å². The number of aromatic nitrogens is 2. The first-order valence-electron chi connectivity index (χ1n) is 6.32. The molecule has 1 N–H and O–H groups in total. The van der Waals surface area contributed by atoms with Crippen molar-refractivity contribution in [2.45, 2.75) is 20.8 Å². The van der Waals surface area contributed by atoms with Crippen LogP contribution in [0.15, 0.2) is 10.7 Å². The first-order valence-corrected chi connectivity index (χ1v) is 7.12. The Morgan fingerprint density at radius 1 is 1.33 bits per heavy atom. The smallest absolute Gasteiger partial charge is 0.232 e. The Balaban J connectivity index is 2.52. The maximum Gasteiger partial charge on any atom is 0.232 e. The highest BCUT2D eigenvalue weighted by Gasteiger charge is 2.06. The van der Waals surface area contributed by atoms with Crippen molar-refractivity contribution in [3.63, 3.8) is 0 Å². The Labute approximate surface area is 117 Å². The number of likely N-dealkylation sites (N-methyl/N-ethyl adjacent to an activating group) is 1. The lowest BCUT2D eigenvalue weighted by molar-refractivity contribution is 0.217. The second-order valence-electron chi connectivity index (χ2n) is 3.75. The van der Waals surface area contributed by atoms with E-state index in [-0.39, 0.29) is 0 Å². The number of hydrogen-bond donors (Lipinski definition) is 1. The maximum atomic E-state index is 5.68. The molecule has 1 heterocycles. The van der Waals surface area contributed by atoms with Gasteiger partial charge in [0.1, 0.15) is 6.61 Å². The first kappa shape index (κ1) is 15.2. The van der Waals surface area contributed by atoms with Gasteiger partial charge in [-0.15, -0.1) is 0 Å². The Morgan fingerprint density at radius 2 is 2.06 bits per heavy atom. The van der Waals surface area contributed by atoms with Crippen LogP contribution >= 0.6 is 15.9 Å². The van der Waals surface area contributed by atoms with Crippen LogP contribution in [0.3, 0.4) is 0 Å². The number of rotatable bonds is 8. The molecule has 0 spiro atoms. The van der Waals surface area contributed by atoms with Crippen LogP contribution < -0.4 is 10.1 Å². The van der Waals surface area contributed by atoms with Gasteiger partial charge in [0, 0.05) is 13.1 Å². The van der Waals surface area contributed by atoms with E-state index in [4.69, 9.17) is 4.74 Å². The maximum absolute atomic E-state index is 5.68. The Hall–Kier alpha value is -0.880. The van der Waals surface area contributed by atoms with Crippen LogP contribution in [0.2, 0.25) is 0 Å². The Morgan fingerprint density at radius 3 is 2.67 bits per heavy atom. The van der Waals surface area contributed by atoms with Gasteiger partial charge in [0.25, 0.3) is 0 Å². The molecule has 0 atom stereocenters. The lowest BCUT2D eigenvalue weighted by Crippen LogP contribution is -2.28. The molecule has 0 aliphatic carbocycles. The van der Waals surface area contributed by atoms with Gasteiger partial charge in [0.2, 0.25) is 11.8 Å². The van der Waals surface area contributed by atoms with E-state index >= 15 is 0 Å². The van der Waals surface area contributed by atoms with Crippen LogP contribution in [-0.2, 0) is 0 Å². The highest BCUT2D eigenvalue weighted by atomic mass is 79.9. The third-order valence-electron chi connectivity index (χ3n) is 2.59. The van der Waals surface area contributed by atoms with Gasteiger partial charge in [-0.05, 0) is 35.9 Å². The molecular weight excluding hydrogens is 296 g/mol. The van der Waals surface area contributed by atoms with E-state index in [0.717, 1.165) is 30.7 Å². The molecule has 18 heavy (non-hydrogen) atoms. The minimum Gasteiger partial charge on any atom is -0.475 e. The fourth-order valence-corrected chi connectivity index (χ4v) is 1.81. The summed E-state index contributed by atoms with van der Waals surface area (Å²) in [6, 6.07) is 0. The van der Waals surface area contributed by atoms with Crippen LogP contribution in [0.5, 0.6) is 5.88 Å². The molecule has 0 aliphatic heterocycles. The average molecular weight is 317 g/mol. The predicted molar refractivity (Wildman–Crippen MR) is 77.2 cm³/mol. The topological polar surface area (TPSA) is 50.3 Å². The molecule has 0 unspecified atom stereocenters. The molecule has 0 saturated carbocycles. The molecule has 1 aromatic rings. The van der Waals surface area contributed by atoms with Gasteiger partial charge < -0.3 is 15.0 Å². The second-order valence-corrected chi connectivity index (χ2v) is 4.61. The summed E-state index contributed by atoms with van der Waals surface area (Å²) >= 11 is 3.39. The van der Waals surface area contributed by atoms with Crippen LogP contribution in [0.25, 0.3) is 0 Å². The quantitative estimate of drug-likeness (QED) is 0.798. The van der Waals surface area contributed by atoms with E-state index in [1.807, 2.05) is 6.92 Å². The third kappa shape index (κ3) is 4.78. The van der Waals surface area contributed by atoms with Crippen molar-refractivity contribution >= 4 is 21.9 Å². The van der Waals surface area contributed by atoms with Crippen molar-refractivity contribution < 1.29 is 4.74 Å². The highest BCUT2D eigenvalue weighted by molar-refractivity contribution is 9.10. The zero-order valence-electron chi connectivity index (χ0n) is 11.2. The molecule has 5 nitrogen and oxygen atoms in total. The van der Waals surface area contributed by atoms with E-state index < -0.39 is 0 Å². The number of hydrogen-bond acceptors (Lipinski definition) is 5. The molecule has 0 fully saturated rings. The van der Waals surface area contributed by atoms with Crippen LogP contribution in [0, 0.1) is 0 Å². The lowest BCUT2D eigenvalue weighted by Gasteiger charge is -2.18. The van der Waals surface area contributed by atoms with Gasteiger partial charge in [0.15, 0.2) is 0 Å². The number of ether oxygens (including phenoxy) is 1. The molecule has 0 aromatic carbocycles. The van der Waals surface area contributed by atoms with Crippen molar-refractivity contribution in [3.8, 4) is 5.88 Å². The third-order valence-corrected chi connectivity index (χ3v) is 3.13. The van der Waals surface area contributed by atoms with Gasteiger partial charge in [-0.2, -0.15) is 4.98 Å². The zero-order chi connectivity index (χ0) is 13.4. The minimum atomic E-state index is 0.591. The summed E-state index contributed by atoms with van der Waals surface area (Å²) in [4.78, 5) is 10.8. The number of anilines is 1. The first-order chi connectivity index (χ1) is 8.71. The van der Waals surface area contributed by atoms with Gasteiger partial charge in [-0.1, -0.05) is 13.8 Å². The summed E-state index contributed by atoms with van der Waals surface area (Å²) in [5.74, 6) is 1.19. The average Bonchev–Trinajstić information content (AvgIpc) is 2.38. The lowest BCUT2D eigenvalue weighted by atomic mass is 10.5. The number of halogens is 1. The number of nitrogens with zero attached hydrogens (tertiary/aromatic N) is 3. The fourth-order valence-electron chi connectivity index (χ4n) is 1.51. The summed E-state index contributed by atoms with van der Waals surface area (Å²) in [5, 5.41) is 3.06. The monoisotopic (exact) mass is 316 g/mol. The van der Waals surface area contributed by atoms with E-state index in [1.165, 1.54) is 0 Å². The second kappa shape index (κ2) is 8.26. The molecule has 1 rings (SSSR count). The van der Waals surface area contributed by atoms with Gasteiger partial charge >= 0.3 is 0 Å². The van der Waals surface area contributed by atoms with Gasteiger partial charge in [-0.3, -0.25) is 0 Å². The van der Waals surface area contributed by atoms with E-state index in [1.54, 1.807) is 6.20 Å². The summed E-state index contributed by atoms with van der Waals surface area (Å²) in [5.41, 5.74) is 0. The van der Waals surface area contributed by atoms with Crippen molar-refractivity contribution in [2.75, 3.05) is 38.1 Å². The SMILES string of the molecule is CCNc1ncc(Br)c(OCCN(CC)CC)n1.